The van der Waals surface area contributed by atoms with Crippen LogP contribution in [0, 0.1) is 0 Å². The molecule has 0 amide bonds. The highest BCUT2D eigenvalue weighted by Crippen LogP contribution is 2.07. The zero-order valence-electron chi connectivity index (χ0n) is 7.68. The van der Waals surface area contributed by atoms with Gasteiger partial charge in [0.15, 0.2) is 0 Å². The molecule has 0 fully saturated rings. The second-order valence-corrected chi connectivity index (χ2v) is 3.21. The van der Waals surface area contributed by atoms with E-state index in [-0.39, 0.29) is 0 Å². The minimum absolute atomic E-state index is 0.420. The average Bonchev–Trinajstić information content (AvgIpc) is 2.66. The molecule has 4 nitrogen and oxygen atoms in total. The van der Waals surface area contributed by atoms with Crippen LogP contribution in [0.4, 0.5) is 0 Å². The van der Waals surface area contributed by atoms with Gasteiger partial charge in [0.05, 0.1) is 6.20 Å². The van der Waals surface area contributed by atoms with Crippen LogP contribution < -0.4 is 0 Å². The van der Waals surface area contributed by atoms with E-state index in [1.165, 1.54) is 0 Å². The molecule has 0 saturated carbocycles. The lowest BCUT2D eigenvalue weighted by atomic mass is 10.3. The summed E-state index contributed by atoms with van der Waals surface area (Å²) in [5, 5.41) is 4.55. The van der Waals surface area contributed by atoms with E-state index in [1.54, 1.807) is 23.1 Å². The van der Waals surface area contributed by atoms with Crippen LogP contribution in [-0.2, 0) is 6.42 Å². The lowest BCUT2D eigenvalue weighted by Gasteiger charge is -1.97. The Labute approximate surface area is 86.6 Å². The fraction of sp³-hybridized carbons (Fsp3) is 0.222. The Morgan fingerprint density at radius 1 is 1.50 bits per heavy atom. The Morgan fingerprint density at radius 2 is 2.36 bits per heavy atom. The summed E-state index contributed by atoms with van der Waals surface area (Å²) in [5.41, 5.74) is 1.15. The maximum absolute atomic E-state index is 5.74. The van der Waals surface area contributed by atoms with Gasteiger partial charge in [-0.3, -0.25) is 0 Å². The lowest BCUT2D eigenvalue weighted by Crippen LogP contribution is -2.00. The minimum Gasteiger partial charge on any atom is -0.220 e. The molecule has 0 aliphatic carbocycles. The number of hydrogen-bond acceptors (Lipinski definition) is 3. The third-order valence-corrected chi connectivity index (χ3v) is 2.07. The maximum Gasteiger partial charge on any atom is 0.251 e. The summed E-state index contributed by atoms with van der Waals surface area (Å²) in [6.45, 7) is 2.07. The van der Waals surface area contributed by atoms with Gasteiger partial charge in [0.25, 0.3) is 5.95 Å². The molecule has 0 N–H and O–H groups in total. The molecule has 0 spiro atoms. The molecule has 0 atom stereocenters. The zero-order chi connectivity index (χ0) is 9.97. The van der Waals surface area contributed by atoms with Crippen molar-refractivity contribution < 1.29 is 0 Å². The van der Waals surface area contributed by atoms with Crippen molar-refractivity contribution in [3.05, 3.63) is 35.4 Å². The Morgan fingerprint density at radius 3 is 3.00 bits per heavy atom. The number of nitrogens with zero attached hydrogens (tertiary/aromatic N) is 4. The second-order valence-electron chi connectivity index (χ2n) is 2.83. The fourth-order valence-electron chi connectivity index (χ4n) is 1.09. The van der Waals surface area contributed by atoms with Gasteiger partial charge in [-0.05, 0) is 18.1 Å². The third-order valence-electron chi connectivity index (χ3n) is 1.86. The maximum atomic E-state index is 5.74. The van der Waals surface area contributed by atoms with E-state index < -0.39 is 0 Å². The highest BCUT2D eigenvalue weighted by Gasteiger charge is 2.02. The molecular weight excluding hydrogens is 200 g/mol. The second kappa shape index (κ2) is 3.75. The van der Waals surface area contributed by atoms with E-state index in [0.717, 1.165) is 12.0 Å². The molecule has 5 heteroatoms. The van der Waals surface area contributed by atoms with Gasteiger partial charge in [-0.15, -0.1) is 0 Å². The Hall–Kier alpha value is -1.42. The van der Waals surface area contributed by atoms with E-state index in [1.807, 2.05) is 6.20 Å². The average molecular weight is 209 g/mol. The summed E-state index contributed by atoms with van der Waals surface area (Å²) in [4.78, 5) is 8.11. The molecule has 72 valence electrons. The van der Waals surface area contributed by atoms with Crippen molar-refractivity contribution in [2.75, 3.05) is 0 Å². The van der Waals surface area contributed by atoms with Crippen molar-refractivity contribution in [3.63, 3.8) is 0 Å². The minimum atomic E-state index is 0.420. The van der Waals surface area contributed by atoms with Crippen LogP contribution in [0.2, 0.25) is 5.15 Å². The molecule has 0 bridgehead atoms. The Balaban J connectivity index is 2.39. The fourth-order valence-corrected chi connectivity index (χ4v) is 1.22. The number of halogens is 1. The monoisotopic (exact) mass is 208 g/mol. The van der Waals surface area contributed by atoms with Crippen molar-refractivity contribution in [2.24, 2.45) is 0 Å². The molecule has 2 aromatic heterocycles. The van der Waals surface area contributed by atoms with Gasteiger partial charge in [-0.1, -0.05) is 18.5 Å². The SMILES string of the molecule is CCc1cnn(-c2nccc(Cl)n2)c1. The van der Waals surface area contributed by atoms with Crippen molar-refractivity contribution in [2.45, 2.75) is 13.3 Å². The molecule has 2 rings (SSSR count). The summed E-state index contributed by atoms with van der Waals surface area (Å²) in [6, 6.07) is 1.63. The van der Waals surface area contributed by atoms with Gasteiger partial charge in [-0.2, -0.15) is 10.1 Å². The van der Waals surface area contributed by atoms with Crippen LogP contribution in [0.3, 0.4) is 0 Å². The summed E-state index contributed by atoms with van der Waals surface area (Å²) in [7, 11) is 0. The lowest BCUT2D eigenvalue weighted by molar-refractivity contribution is 0.807. The van der Waals surface area contributed by atoms with Crippen LogP contribution in [0.1, 0.15) is 12.5 Å². The summed E-state index contributed by atoms with van der Waals surface area (Å²) in [5.74, 6) is 0.497. The first kappa shape index (κ1) is 9.15. The molecule has 0 saturated heterocycles. The molecule has 0 unspecified atom stereocenters. The first-order chi connectivity index (χ1) is 6.79. The number of aromatic nitrogens is 4. The predicted molar refractivity (Wildman–Crippen MR) is 53.5 cm³/mol. The van der Waals surface area contributed by atoms with Crippen LogP contribution in [0.5, 0.6) is 0 Å². The molecular formula is C9H9ClN4. The van der Waals surface area contributed by atoms with E-state index in [0.29, 0.717) is 11.1 Å². The van der Waals surface area contributed by atoms with Gasteiger partial charge in [0.2, 0.25) is 0 Å². The quantitative estimate of drug-likeness (QED) is 0.708. The van der Waals surface area contributed by atoms with Crippen LogP contribution in [-0.4, -0.2) is 19.7 Å². The number of rotatable bonds is 2. The Kier molecular flexibility index (Phi) is 2.45. The summed E-state index contributed by atoms with van der Waals surface area (Å²) < 4.78 is 1.62. The van der Waals surface area contributed by atoms with E-state index in [2.05, 4.69) is 22.0 Å². The standard InChI is InChI=1S/C9H9ClN4/c1-2-7-5-12-14(6-7)9-11-4-3-8(10)13-9/h3-6H,2H2,1H3. The summed E-state index contributed by atoms with van der Waals surface area (Å²) >= 11 is 5.74. The zero-order valence-corrected chi connectivity index (χ0v) is 8.44. The van der Waals surface area contributed by atoms with E-state index in [4.69, 9.17) is 11.6 Å². The van der Waals surface area contributed by atoms with Crippen LogP contribution in [0.25, 0.3) is 5.95 Å². The first-order valence-electron chi connectivity index (χ1n) is 4.32. The van der Waals surface area contributed by atoms with Crippen molar-refractivity contribution >= 4 is 11.6 Å². The van der Waals surface area contributed by atoms with Gasteiger partial charge < -0.3 is 0 Å². The highest BCUT2D eigenvalue weighted by atomic mass is 35.5. The van der Waals surface area contributed by atoms with Crippen molar-refractivity contribution in [1.82, 2.24) is 19.7 Å². The van der Waals surface area contributed by atoms with E-state index >= 15 is 0 Å². The topological polar surface area (TPSA) is 43.6 Å². The molecule has 2 heterocycles. The van der Waals surface area contributed by atoms with Gasteiger partial charge >= 0.3 is 0 Å². The first-order valence-corrected chi connectivity index (χ1v) is 4.70. The Bertz CT molecular complexity index is 438. The molecule has 0 aliphatic rings. The van der Waals surface area contributed by atoms with Gasteiger partial charge in [-0.25, -0.2) is 9.67 Å². The van der Waals surface area contributed by atoms with Crippen molar-refractivity contribution in [3.8, 4) is 5.95 Å². The van der Waals surface area contributed by atoms with Gasteiger partial charge in [0, 0.05) is 12.4 Å². The smallest absolute Gasteiger partial charge is 0.220 e. The number of hydrogen-bond donors (Lipinski definition) is 0. The van der Waals surface area contributed by atoms with Crippen molar-refractivity contribution in [1.29, 1.82) is 0 Å². The molecule has 0 aliphatic heterocycles. The van der Waals surface area contributed by atoms with Gasteiger partial charge in [0.1, 0.15) is 5.15 Å². The highest BCUT2D eigenvalue weighted by molar-refractivity contribution is 6.29. The molecule has 0 aromatic carbocycles. The molecule has 0 radical (unpaired) electrons. The van der Waals surface area contributed by atoms with E-state index in [9.17, 15) is 0 Å². The summed E-state index contributed by atoms with van der Waals surface area (Å²) in [6.07, 6.45) is 6.24. The third kappa shape index (κ3) is 1.75. The largest absolute Gasteiger partial charge is 0.251 e. The van der Waals surface area contributed by atoms with Crippen LogP contribution >= 0.6 is 11.6 Å². The molecule has 14 heavy (non-hydrogen) atoms. The van der Waals surface area contributed by atoms with Crippen LogP contribution in [0.15, 0.2) is 24.7 Å². The predicted octanol–water partition coefficient (Wildman–Crippen LogP) is 1.88. The number of aryl methyl sites for hydroxylation is 1. The molecule has 2 aromatic rings. The normalized spacial score (nSPS) is 10.4.